The molecule has 0 aromatic heterocycles. The molecular formula is C34H28N4O6S2. The normalized spacial score (nSPS) is 28.7. The Labute approximate surface area is 267 Å². The maximum absolute atomic E-state index is 15.0. The van der Waals surface area contributed by atoms with Crippen LogP contribution in [0.4, 0.5) is 0 Å². The Bertz CT molecular complexity index is 2000. The fourth-order valence-corrected chi connectivity index (χ4v) is 11.5. The first-order chi connectivity index (χ1) is 22.2. The highest BCUT2D eigenvalue weighted by Gasteiger charge is 2.78. The van der Waals surface area contributed by atoms with Gasteiger partial charge in [0.25, 0.3) is 0 Å². The molecule has 0 radical (unpaired) electrons. The van der Waals surface area contributed by atoms with Crippen molar-refractivity contribution in [2.75, 3.05) is 14.2 Å². The molecule has 2 aliphatic heterocycles. The Morgan fingerprint density at radius 1 is 0.565 bits per heavy atom. The number of ether oxygens (including phenoxy) is 2. The third kappa shape index (κ3) is 3.57. The Hall–Kier alpha value is -4.40. The number of fused-ring (bicyclic) bond motifs is 2. The van der Waals surface area contributed by atoms with E-state index < -0.39 is 55.4 Å². The topological polar surface area (TPSA) is 141 Å². The second-order valence-electron chi connectivity index (χ2n) is 11.4. The van der Waals surface area contributed by atoms with Crippen molar-refractivity contribution in [3.05, 3.63) is 131 Å². The molecule has 4 aromatic rings. The van der Waals surface area contributed by atoms with Gasteiger partial charge < -0.3 is 9.47 Å². The molecule has 4 aromatic carbocycles. The van der Waals surface area contributed by atoms with E-state index in [9.17, 15) is 27.4 Å². The molecule has 46 heavy (non-hydrogen) atoms. The lowest BCUT2D eigenvalue weighted by Crippen LogP contribution is -2.78. The SMILES string of the molecule is CO[C@@H]1[C@@H]2c3ccccc3[C@](C#N)(N1S(=O)(=O)c1ccccc1)[C@@]1(C#N)c3ccccc3[C@@H]2[C@H](OC)N1S(=O)(=O)c1ccccc1. The molecule has 6 atom stereocenters. The van der Waals surface area contributed by atoms with Crippen LogP contribution in [0.1, 0.15) is 34.1 Å². The Morgan fingerprint density at radius 2 is 0.891 bits per heavy atom. The summed E-state index contributed by atoms with van der Waals surface area (Å²) in [4.78, 5) is -0.290. The average Bonchev–Trinajstić information content (AvgIpc) is 3.09. The molecule has 4 bridgehead atoms. The van der Waals surface area contributed by atoms with Gasteiger partial charge in [-0.3, -0.25) is 0 Å². The molecule has 232 valence electrons. The largest absolute Gasteiger partial charge is 0.365 e. The number of nitriles is 2. The molecule has 0 amide bonds. The van der Waals surface area contributed by atoms with Gasteiger partial charge in [0.05, 0.1) is 21.9 Å². The zero-order valence-electron chi connectivity index (χ0n) is 24.8. The maximum Gasteiger partial charge on any atom is 0.247 e. The van der Waals surface area contributed by atoms with Crippen molar-refractivity contribution < 1.29 is 26.3 Å². The van der Waals surface area contributed by atoms with Gasteiger partial charge in [-0.25, -0.2) is 16.8 Å². The van der Waals surface area contributed by atoms with Gasteiger partial charge in [-0.2, -0.15) is 10.5 Å². The van der Waals surface area contributed by atoms with Crippen LogP contribution < -0.4 is 0 Å². The minimum Gasteiger partial charge on any atom is -0.365 e. The van der Waals surface area contributed by atoms with E-state index in [2.05, 4.69) is 12.1 Å². The second kappa shape index (κ2) is 10.6. The molecule has 3 aliphatic rings. The summed E-state index contributed by atoms with van der Waals surface area (Å²) in [6.07, 6.45) is -2.69. The summed E-state index contributed by atoms with van der Waals surface area (Å²) < 4.78 is 74.0. The van der Waals surface area contributed by atoms with E-state index in [0.29, 0.717) is 11.1 Å². The maximum atomic E-state index is 15.0. The number of hydrogen-bond donors (Lipinski definition) is 0. The van der Waals surface area contributed by atoms with Crippen LogP contribution in [0, 0.1) is 22.7 Å². The van der Waals surface area contributed by atoms with E-state index in [1.807, 2.05) is 0 Å². The van der Waals surface area contributed by atoms with Crippen molar-refractivity contribution >= 4 is 20.0 Å². The standard InChI is InChI=1S/C34H28N4O6S2/c1-43-31-29-25-17-9-11-19-27(25)33(21-35,37(31)45(39,40)23-13-5-3-6-14-23)34(22-36)28-20-12-10-18-26(28)30(29)32(44-2)38(34)46(41,42)24-15-7-4-8-16-24/h3-20,29-32H,1-2H3/t29-,30+,31-,32+,33+,34-. The van der Waals surface area contributed by atoms with E-state index in [1.54, 1.807) is 84.9 Å². The van der Waals surface area contributed by atoms with Gasteiger partial charge in [0.15, 0.2) is 11.1 Å². The van der Waals surface area contributed by atoms with E-state index in [1.165, 1.54) is 38.5 Å². The minimum absolute atomic E-state index is 0.145. The summed E-state index contributed by atoms with van der Waals surface area (Å²) in [6.45, 7) is 0. The molecule has 12 heteroatoms. The van der Waals surface area contributed by atoms with Gasteiger partial charge in [0.2, 0.25) is 20.0 Å². The predicted octanol–water partition coefficient (Wildman–Crippen LogP) is 4.36. The lowest BCUT2D eigenvalue weighted by molar-refractivity contribution is -0.164. The third-order valence-electron chi connectivity index (χ3n) is 9.47. The van der Waals surface area contributed by atoms with Crippen molar-refractivity contribution in [2.45, 2.75) is 45.2 Å². The molecular weight excluding hydrogens is 625 g/mol. The number of methoxy groups -OCH3 is 2. The van der Waals surface area contributed by atoms with E-state index in [4.69, 9.17) is 9.47 Å². The molecule has 2 heterocycles. The fraction of sp³-hybridized carbons (Fsp3) is 0.235. The summed E-state index contributed by atoms with van der Waals surface area (Å²) >= 11 is 0. The molecule has 1 aliphatic carbocycles. The minimum atomic E-state index is -4.67. The van der Waals surface area contributed by atoms with Gasteiger partial charge in [0.1, 0.15) is 12.5 Å². The quantitative estimate of drug-likeness (QED) is 0.299. The van der Waals surface area contributed by atoms with Gasteiger partial charge in [0, 0.05) is 26.1 Å². The fourth-order valence-electron chi connectivity index (χ4n) is 7.81. The van der Waals surface area contributed by atoms with Gasteiger partial charge in [-0.05, 0) is 46.5 Å². The number of benzene rings is 4. The van der Waals surface area contributed by atoms with Crippen LogP contribution in [0.3, 0.4) is 0 Å². The summed E-state index contributed by atoms with van der Waals surface area (Å²) in [6, 6.07) is 33.2. The van der Waals surface area contributed by atoms with Crippen LogP contribution in [-0.4, -0.2) is 52.1 Å². The van der Waals surface area contributed by atoms with Crippen molar-refractivity contribution in [1.82, 2.24) is 8.61 Å². The van der Waals surface area contributed by atoms with E-state index in [0.717, 1.165) is 8.61 Å². The lowest BCUT2D eigenvalue weighted by Gasteiger charge is -2.65. The van der Waals surface area contributed by atoms with Crippen LogP contribution >= 0.6 is 0 Å². The molecule has 0 N–H and O–H groups in total. The second-order valence-corrected chi connectivity index (χ2v) is 15.0. The molecule has 0 unspecified atom stereocenters. The van der Waals surface area contributed by atoms with Gasteiger partial charge in [-0.15, -0.1) is 8.61 Å². The molecule has 10 nitrogen and oxygen atoms in total. The van der Waals surface area contributed by atoms with E-state index >= 15 is 0 Å². The Balaban J connectivity index is 1.74. The molecule has 0 fully saturated rings. The van der Waals surface area contributed by atoms with E-state index in [-0.39, 0.29) is 20.9 Å². The number of rotatable bonds is 6. The number of hydrogen-bond acceptors (Lipinski definition) is 8. The molecule has 0 spiro atoms. The summed E-state index contributed by atoms with van der Waals surface area (Å²) in [5.74, 6) is -1.75. The van der Waals surface area contributed by atoms with Crippen molar-refractivity contribution in [3.8, 4) is 12.1 Å². The first kappa shape index (κ1) is 30.3. The Kier molecular flexibility index (Phi) is 6.96. The summed E-state index contributed by atoms with van der Waals surface area (Å²) in [5, 5.41) is 23.3. The zero-order valence-corrected chi connectivity index (χ0v) is 26.4. The third-order valence-corrected chi connectivity index (χ3v) is 13.2. The lowest BCUT2D eigenvalue weighted by atomic mass is 9.55. The zero-order chi connectivity index (χ0) is 32.5. The number of nitrogens with zero attached hydrogens (tertiary/aromatic N) is 4. The highest BCUT2D eigenvalue weighted by atomic mass is 32.2. The van der Waals surface area contributed by atoms with Crippen LogP contribution in [0.15, 0.2) is 119 Å². The van der Waals surface area contributed by atoms with Gasteiger partial charge in [-0.1, -0.05) is 84.9 Å². The van der Waals surface area contributed by atoms with Crippen LogP contribution in [-0.2, 0) is 40.6 Å². The highest BCUT2D eigenvalue weighted by molar-refractivity contribution is 7.89. The molecule has 0 saturated carbocycles. The molecule has 7 rings (SSSR count). The van der Waals surface area contributed by atoms with Crippen LogP contribution in [0.25, 0.3) is 0 Å². The monoisotopic (exact) mass is 652 g/mol. The average molecular weight is 653 g/mol. The number of sulfonamides is 2. The molecule has 0 saturated heterocycles. The summed E-state index contributed by atoms with van der Waals surface area (Å²) in [5.41, 5.74) is -3.53. The van der Waals surface area contributed by atoms with Crippen molar-refractivity contribution in [3.63, 3.8) is 0 Å². The summed E-state index contributed by atoms with van der Waals surface area (Å²) in [7, 11) is -6.63. The highest BCUT2D eigenvalue weighted by Crippen LogP contribution is 2.67. The van der Waals surface area contributed by atoms with Crippen molar-refractivity contribution in [2.24, 2.45) is 0 Å². The van der Waals surface area contributed by atoms with Crippen LogP contribution in [0.2, 0.25) is 0 Å². The smallest absolute Gasteiger partial charge is 0.247 e. The first-order valence-electron chi connectivity index (χ1n) is 14.4. The van der Waals surface area contributed by atoms with Crippen LogP contribution in [0.5, 0.6) is 0 Å². The van der Waals surface area contributed by atoms with Crippen molar-refractivity contribution in [1.29, 1.82) is 10.5 Å². The van der Waals surface area contributed by atoms with Gasteiger partial charge >= 0.3 is 0 Å². The first-order valence-corrected chi connectivity index (χ1v) is 17.3. The predicted molar refractivity (Wildman–Crippen MR) is 165 cm³/mol. The Morgan fingerprint density at radius 3 is 1.22 bits per heavy atom.